The van der Waals surface area contributed by atoms with Gasteiger partial charge in [-0.05, 0) is 61.9 Å². The van der Waals surface area contributed by atoms with Crippen molar-refractivity contribution in [3.05, 3.63) is 76.8 Å². The molecule has 0 aliphatic rings. The average Bonchev–Trinajstić information content (AvgIpc) is 3.25. The van der Waals surface area contributed by atoms with Crippen molar-refractivity contribution in [2.24, 2.45) is 10.9 Å². The molecule has 2 amide bonds. The lowest BCUT2D eigenvalue weighted by molar-refractivity contribution is -0.115. The Morgan fingerprint density at radius 1 is 1.11 bits per heavy atom. The predicted molar refractivity (Wildman–Crippen MR) is 137 cm³/mol. The van der Waals surface area contributed by atoms with Crippen molar-refractivity contribution in [3.63, 3.8) is 0 Å². The Hall–Kier alpha value is -4.38. The number of amides is 2. The van der Waals surface area contributed by atoms with Gasteiger partial charge >= 0.3 is 0 Å². The molecule has 0 aliphatic heterocycles. The third-order valence-electron chi connectivity index (χ3n) is 4.98. The molecule has 2 heterocycles. The molecule has 3 N–H and O–H groups in total. The number of aromatic nitrogens is 2. The highest BCUT2D eigenvalue weighted by atomic mass is 32.1. The Labute approximate surface area is 210 Å². The van der Waals surface area contributed by atoms with Crippen LogP contribution in [0.4, 0.5) is 5.13 Å². The molecule has 0 unspecified atom stereocenters. The summed E-state index contributed by atoms with van der Waals surface area (Å²) in [4.78, 5) is 43.4. The fraction of sp³-hybridized carbons (Fsp3) is 0.200. The molecule has 4 aromatic rings. The van der Waals surface area contributed by atoms with Crippen LogP contribution in [0.25, 0.3) is 10.2 Å². The monoisotopic (exact) mass is 505 g/mol. The molecule has 11 heteroatoms. The van der Waals surface area contributed by atoms with E-state index >= 15 is 0 Å². The zero-order valence-corrected chi connectivity index (χ0v) is 20.4. The molecule has 0 radical (unpaired) electrons. The summed E-state index contributed by atoms with van der Waals surface area (Å²) in [6.45, 7) is 3.54. The summed E-state index contributed by atoms with van der Waals surface area (Å²) in [6.07, 6.45) is 1.64. The number of pyridine rings is 1. The summed E-state index contributed by atoms with van der Waals surface area (Å²) in [5.74, 6) is 0.306. The zero-order chi connectivity index (χ0) is 25.7. The number of nitrogens with zero attached hydrogens (tertiary/aromatic N) is 3. The number of anilines is 1. The van der Waals surface area contributed by atoms with Gasteiger partial charge in [0.15, 0.2) is 5.13 Å². The van der Waals surface area contributed by atoms with Gasteiger partial charge in [0.1, 0.15) is 29.2 Å². The number of nitrogens with one attached hydrogen (secondary N) is 1. The summed E-state index contributed by atoms with van der Waals surface area (Å²) < 4.78 is 12.2. The minimum atomic E-state index is -0.822. The molecule has 0 bridgehead atoms. The smallest absolute Gasteiger partial charge is 0.254 e. The van der Waals surface area contributed by atoms with Crippen molar-refractivity contribution in [1.29, 1.82) is 0 Å². The van der Waals surface area contributed by atoms with Crippen LogP contribution in [-0.4, -0.2) is 33.9 Å². The first-order chi connectivity index (χ1) is 17.2. The molecule has 0 saturated heterocycles. The first-order valence-corrected chi connectivity index (χ1v) is 11.7. The van der Waals surface area contributed by atoms with E-state index in [2.05, 4.69) is 20.5 Å². The number of thiazole rings is 1. The number of hydrogen-bond acceptors (Lipinski definition) is 9. The molecular formula is C25H23N5O5S. The first kappa shape index (κ1) is 24.7. The van der Waals surface area contributed by atoms with Gasteiger partial charge in [0, 0.05) is 6.20 Å². The highest BCUT2D eigenvalue weighted by Crippen LogP contribution is 2.30. The van der Waals surface area contributed by atoms with E-state index in [1.165, 1.54) is 23.6 Å². The van der Waals surface area contributed by atoms with E-state index in [0.29, 0.717) is 16.6 Å². The van der Waals surface area contributed by atoms with Gasteiger partial charge < -0.3 is 20.5 Å². The Morgan fingerprint density at radius 3 is 2.58 bits per heavy atom. The van der Waals surface area contributed by atoms with Crippen molar-refractivity contribution < 1.29 is 19.1 Å². The van der Waals surface area contributed by atoms with Crippen LogP contribution in [0.5, 0.6) is 17.4 Å². The molecule has 0 fully saturated rings. The lowest BCUT2D eigenvalue weighted by Gasteiger charge is -2.15. The third-order valence-corrected chi connectivity index (χ3v) is 5.92. The van der Waals surface area contributed by atoms with Gasteiger partial charge in [-0.2, -0.15) is 4.91 Å². The van der Waals surface area contributed by atoms with E-state index in [9.17, 15) is 14.5 Å². The summed E-state index contributed by atoms with van der Waals surface area (Å²) in [7, 11) is 0. The lowest BCUT2D eigenvalue weighted by Crippen LogP contribution is -2.25. The Bertz CT molecular complexity index is 1420. The van der Waals surface area contributed by atoms with Crippen LogP contribution < -0.4 is 20.5 Å². The Balaban J connectivity index is 1.36. The highest BCUT2D eigenvalue weighted by Gasteiger charge is 2.19. The van der Waals surface area contributed by atoms with Gasteiger partial charge in [-0.1, -0.05) is 28.6 Å². The van der Waals surface area contributed by atoms with E-state index in [1.807, 2.05) is 6.07 Å². The van der Waals surface area contributed by atoms with E-state index in [-0.39, 0.29) is 30.4 Å². The Morgan fingerprint density at radius 2 is 1.86 bits per heavy atom. The quantitative estimate of drug-likeness (QED) is 0.297. The van der Waals surface area contributed by atoms with Crippen LogP contribution in [0.1, 0.15) is 29.8 Å². The minimum absolute atomic E-state index is 0.115. The van der Waals surface area contributed by atoms with Gasteiger partial charge in [0.25, 0.3) is 5.91 Å². The zero-order valence-electron chi connectivity index (χ0n) is 19.6. The minimum Gasteiger partial charge on any atom is -0.491 e. The van der Waals surface area contributed by atoms with E-state index in [1.54, 1.807) is 56.3 Å². The van der Waals surface area contributed by atoms with Crippen LogP contribution in [0.15, 0.2) is 66.0 Å². The maximum absolute atomic E-state index is 12.6. The van der Waals surface area contributed by atoms with Crippen molar-refractivity contribution >= 4 is 38.5 Å². The molecule has 4 rings (SSSR count). The summed E-state index contributed by atoms with van der Waals surface area (Å²) in [5.41, 5.74) is 6.19. The number of nitrogens with two attached hydrogens (primary N) is 1. The number of rotatable bonds is 10. The van der Waals surface area contributed by atoms with Crippen molar-refractivity contribution in [2.45, 2.75) is 25.8 Å². The fourth-order valence-corrected chi connectivity index (χ4v) is 4.04. The van der Waals surface area contributed by atoms with Crippen LogP contribution >= 0.6 is 11.3 Å². The topological polar surface area (TPSA) is 146 Å². The van der Waals surface area contributed by atoms with Crippen LogP contribution in [0, 0.1) is 4.91 Å². The molecule has 2 aromatic heterocycles. The van der Waals surface area contributed by atoms with E-state index in [0.717, 1.165) is 15.8 Å². The van der Waals surface area contributed by atoms with Gasteiger partial charge in [-0.15, -0.1) is 0 Å². The number of carbonyl (C=O) groups excluding carboxylic acids is 2. The molecule has 0 aliphatic carbocycles. The number of ether oxygens (including phenoxy) is 2. The lowest BCUT2D eigenvalue weighted by atomic mass is 10.1. The number of hydrogen-bond donors (Lipinski definition) is 2. The number of benzene rings is 2. The van der Waals surface area contributed by atoms with Crippen LogP contribution in [0.3, 0.4) is 0 Å². The number of primary amides is 1. The van der Waals surface area contributed by atoms with E-state index < -0.39 is 11.4 Å². The largest absolute Gasteiger partial charge is 0.491 e. The van der Waals surface area contributed by atoms with Crippen LogP contribution in [-0.2, 0) is 11.2 Å². The van der Waals surface area contributed by atoms with Gasteiger partial charge in [-0.25, -0.2) is 9.97 Å². The highest BCUT2D eigenvalue weighted by molar-refractivity contribution is 7.22. The average molecular weight is 506 g/mol. The van der Waals surface area contributed by atoms with Crippen LogP contribution in [0.2, 0.25) is 0 Å². The van der Waals surface area contributed by atoms with Gasteiger partial charge in [0.05, 0.1) is 16.6 Å². The normalized spacial score (nSPS) is 11.2. The number of nitroso groups, excluding NO2 is 1. The maximum atomic E-state index is 12.6. The molecule has 0 atom stereocenters. The predicted octanol–water partition coefficient (Wildman–Crippen LogP) is 4.69. The Kier molecular flexibility index (Phi) is 7.20. The van der Waals surface area contributed by atoms with Gasteiger partial charge in [-0.3, -0.25) is 9.59 Å². The summed E-state index contributed by atoms with van der Waals surface area (Å²) >= 11 is 1.32. The number of fused-ring (bicyclic) bond motifs is 1. The molecule has 36 heavy (non-hydrogen) atoms. The second kappa shape index (κ2) is 10.5. The molecule has 0 saturated carbocycles. The summed E-state index contributed by atoms with van der Waals surface area (Å²) in [5, 5.41) is 6.33. The first-order valence-electron chi connectivity index (χ1n) is 10.9. The molecular weight excluding hydrogens is 482 g/mol. The molecule has 0 spiro atoms. The second-order valence-corrected chi connectivity index (χ2v) is 9.56. The molecule has 184 valence electrons. The maximum Gasteiger partial charge on any atom is 0.254 e. The summed E-state index contributed by atoms with van der Waals surface area (Å²) in [6, 6.07) is 15.4. The fourth-order valence-electron chi connectivity index (χ4n) is 3.13. The van der Waals surface area contributed by atoms with Crippen molar-refractivity contribution in [3.8, 4) is 17.4 Å². The molecule has 2 aromatic carbocycles. The third kappa shape index (κ3) is 6.19. The number of carbonyl (C=O) groups is 2. The second-order valence-electron chi connectivity index (χ2n) is 8.53. The standard InChI is InChI=1S/C25H23N5O5S/c1-25(2,30-33)14-34-17-9-10-19-20(13-17)36-24(28-19)29-21(31)12-15-5-7-16(8-6-15)35-23-18(22(26)32)4-3-11-27-23/h3-11,13H,12,14H2,1-2H3,(H2,26,32)(H,28,29,31). The van der Waals surface area contributed by atoms with E-state index in [4.69, 9.17) is 15.2 Å². The van der Waals surface area contributed by atoms with Crippen molar-refractivity contribution in [1.82, 2.24) is 9.97 Å². The van der Waals surface area contributed by atoms with Gasteiger partial charge in [0.2, 0.25) is 11.8 Å². The molecule has 10 nitrogen and oxygen atoms in total. The SMILES string of the molecule is CC(C)(COc1ccc2nc(NC(=O)Cc3ccc(Oc4ncccc4C(N)=O)cc3)sc2c1)N=O. The van der Waals surface area contributed by atoms with Crippen molar-refractivity contribution in [2.75, 3.05) is 11.9 Å².